The quantitative estimate of drug-likeness (QED) is 0.0430. The predicted molar refractivity (Wildman–Crippen MR) is 242 cm³/mol. The number of nitro benzene ring substituents is 2. The number of fused-ring (bicyclic) bond motifs is 5. The Morgan fingerprint density at radius 2 is 1.33 bits per heavy atom. The van der Waals surface area contributed by atoms with E-state index in [0.29, 0.717) is 72.4 Å². The minimum atomic E-state index is -0.451. The zero-order valence-electron chi connectivity index (χ0n) is 38.5. The maximum absolute atomic E-state index is 14.0. The van der Waals surface area contributed by atoms with Crippen LogP contribution in [0.25, 0.3) is 0 Å². The van der Waals surface area contributed by atoms with E-state index in [1.807, 2.05) is 0 Å². The number of non-ortho nitro benzene ring substituents is 2. The van der Waals surface area contributed by atoms with Crippen molar-refractivity contribution in [3.63, 3.8) is 0 Å². The van der Waals surface area contributed by atoms with Crippen molar-refractivity contribution in [3.05, 3.63) is 92.5 Å². The van der Waals surface area contributed by atoms with E-state index >= 15 is 0 Å². The van der Waals surface area contributed by atoms with Crippen molar-refractivity contribution < 1.29 is 38.4 Å². The number of rotatable bonds is 18. The van der Waals surface area contributed by atoms with Crippen molar-refractivity contribution in [1.29, 1.82) is 0 Å². The maximum Gasteiger partial charge on any atom is 0.328 e. The topological polar surface area (TPSA) is 251 Å². The first-order chi connectivity index (χ1) is 32.1. The van der Waals surface area contributed by atoms with Gasteiger partial charge in [0.2, 0.25) is 0 Å². The Morgan fingerprint density at radius 1 is 0.761 bits per heavy atom. The third-order valence-electron chi connectivity index (χ3n) is 15.9. The highest BCUT2D eigenvalue weighted by Gasteiger charge is 2.65. The lowest BCUT2D eigenvalue weighted by Crippen LogP contribution is -2.59. The van der Waals surface area contributed by atoms with Crippen molar-refractivity contribution in [1.82, 2.24) is 30.0 Å². The molecule has 4 fully saturated rings. The van der Waals surface area contributed by atoms with Gasteiger partial charge in [0, 0.05) is 47.5 Å². The molecule has 0 amide bonds. The molecule has 358 valence electrons. The standard InChI is InChI=1S/C47H60N10O10/c1-29(5-18-43(58)65-4)39-16-17-40-38-15-6-30-21-37(66-44(59)27-54-25-33(50-52-54)23-48-31-7-11-35(12-8-31)56(61)62)19-20-46(30,2)41(38)22-42(47(39,40)3)67-45(60)28-55-26-34(51-53-55)24-49-32-9-13-36(14-10-32)57(63)64/h7-14,25-26,29-30,37-42,48-49H,5-6,15-24,27-28H2,1-4H3/t29-,30-,37-,38+,39-,40+,41+,42+,46+,47-/m1/s1. The van der Waals surface area contributed by atoms with E-state index in [2.05, 4.69) is 52.0 Å². The van der Waals surface area contributed by atoms with Gasteiger partial charge in [-0.15, -0.1) is 10.2 Å². The highest BCUT2D eigenvalue weighted by atomic mass is 16.6. The number of nitro groups is 2. The minimum Gasteiger partial charge on any atom is -0.469 e. The number of anilines is 2. The smallest absolute Gasteiger partial charge is 0.328 e. The van der Waals surface area contributed by atoms with Crippen molar-refractivity contribution >= 4 is 40.7 Å². The average Bonchev–Trinajstić information content (AvgIpc) is 4.06. The molecule has 8 rings (SSSR count). The Hall–Kier alpha value is -6.47. The number of nitrogens with zero attached hydrogens (tertiary/aromatic N) is 8. The first kappa shape index (κ1) is 47.0. The molecular weight excluding hydrogens is 865 g/mol. The fourth-order valence-corrected chi connectivity index (χ4v) is 12.5. The molecule has 0 unspecified atom stereocenters. The van der Waals surface area contributed by atoms with Gasteiger partial charge in [-0.25, -0.2) is 9.36 Å². The van der Waals surface area contributed by atoms with E-state index in [1.165, 1.54) is 40.7 Å². The molecule has 4 aliphatic rings. The van der Waals surface area contributed by atoms with Crippen LogP contribution in [0.4, 0.5) is 22.7 Å². The number of carbonyl (C=O) groups is 3. The summed E-state index contributed by atoms with van der Waals surface area (Å²) < 4.78 is 20.7. The van der Waals surface area contributed by atoms with Gasteiger partial charge in [0.1, 0.15) is 36.7 Å². The zero-order valence-corrected chi connectivity index (χ0v) is 38.5. The van der Waals surface area contributed by atoms with Crippen LogP contribution in [0.15, 0.2) is 60.9 Å². The molecular formula is C47H60N10O10. The first-order valence-electron chi connectivity index (χ1n) is 23.3. The molecule has 20 nitrogen and oxygen atoms in total. The maximum atomic E-state index is 14.0. The zero-order chi connectivity index (χ0) is 47.5. The molecule has 2 aromatic heterocycles. The van der Waals surface area contributed by atoms with Crippen LogP contribution in [0.2, 0.25) is 0 Å². The van der Waals surface area contributed by atoms with Crippen LogP contribution in [0, 0.1) is 66.6 Å². The normalized spacial score (nSPS) is 27.9. The molecule has 4 aromatic rings. The van der Waals surface area contributed by atoms with Crippen LogP contribution in [0.1, 0.15) is 96.4 Å². The predicted octanol–water partition coefficient (Wildman–Crippen LogP) is 7.29. The van der Waals surface area contributed by atoms with Gasteiger partial charge in [-0.3, -0.25) is 34.6 Å². The van der Waals surface area contributed by atoms with Gasteiger partial charge in [-0.1, -0.05) is 31.2 Å². The molecule has 0 aliphatic heterocycles. The Morgan fingerprint density at radius 3 is 1.88 bits per heavy atom. The summed E-state index contributed by atoms with van der Waals surface area (Å²) in [6, 6.07) is 12.2. The largest absolute Gasteiger partial charge is 0.469 e. The summed E-state index contributed by atoms with van der Waals surface area (Å²) in [7, 11) is 1.42. The SMILES string of the molecule is COC(=O)CC[C@@H](C)[C@H]1CC[C@H]2[C@@H]3CC[C@@H]4C[C@H](OC(=O)Cn5cc(CNc6ccc([N+](=O)[O-])cc6)nn5)CC[C@]4(C)[C@H]3C[C@H](OC(=O)Cn3cc(CNc4ccc([N+](=O)[O-])cc4)nn3)[C@]12C. The van der Waals surface area contributed by atoms with Crippen LogP contribution in [-0.4, -0.2) is 77.1 Å². The van der Waals surface area contributed by atoms with E-state index in [4.69, 9.17) is 14.2 Å². The molecule has 0 bridgehead atoms. The molecule has 2 heterocycles. The lowest BCUT2D eigenvalue weighted by molar-refractivity contribution is -0.385. The number of carbonyl (C=O) groups excluding carboxylic acids is 3. The summed E-state index contributed by atoms with van der Waals surface area (Å²) in [6.07, 6.45) is 11.1. The Balaban J connectivity index is 0.904. The third-order valence-corrected chi connectivity index (χ3v) is 15.9. The van der Waals surface area contributed by atoms with Gasteiger partial charge in [0.15, 0.2) is 0 Å². The number of ether oxygens (including phenoxy) is 3. The van der Waals surface area contributed by atoms with Crippen molar-refractivity contribution in [3.8, 4) is 0 Å². The minimum absolute atomic E-state index is 0.00115. The first-order valence-corrected chi connectivity index (χ1v) is 23.3. The molecule has 2 N–H and O–H groups in total. The van der Waals surface area contributed by atoms with Crippen LogP contribution < -0.4 is 10.6 Å². The number of hydrogen-bond acceptors (Lipinski definition) is 16. The summed E-state index contributed by atoms with van der Waals surface area (Å²) in [5.74, 6) is 0.906. The monoisotopic (exact) mass is 924 g/mol. The van der Waals surface area contributed by atoms with E-state index in [9.17, 15) is 34.6 Å². The third kappa shape index (κ3) is 10.3. The Bertz CT molecular complexity index is 2430. The van der Waals surface area contributed by atoms with Gasteiger partial charge in [0.25, 0.3) is 11.4 Å². The number of methoxy groups -OCH3 is 1. The highest BCUT2D eigenvalue weighted by Crippen LogP contribution is 2.69. The molecule has 10 atom stereocenters. The number of aromatic nitrogens is 6. The Labute approximate surface area is 388 Å². The molecule has 0 spiro atoms. The number of esters is 3. The molecule has 4 aliphatic carbocycles. The lowest BCUT2D eigenvalue weighted by Gasteiger charge is -2.62. The summed E-state index contributed by atoms with van der Waals surface area (Å²) >= 11 is 0. The molecule has 4 saturated carbocycles. The fourth-order valence-electron chi connectivity index (χ4n) is 12.5. The molecule has 0 saturated heterocycles. The van der Waals surface area contributed by atoms with Gasteiger partial charge in [0.05, 0.1) is 42.4 Å². The molecule has 0 radical (unpaired) electrons. The van der Waals surface area contributed by atoms with Gasteiger partial charge >= 0.3 is 17.9 Å². The second kappa shape index (κ2) is 19.8. The van der Waals surface area contributed by atoms with Crippen LogP contribution in [0.3, 0.4) is 0 Å². The van der Waals surface area contributed by atoms with Crippen LogP contribution in [-0.2, 0) is 54.8 Å². The van der Waals surface area contributed by atoms with E-state index in [0.717, 1.165) is 51.4 Å². The second-order valence-corrected chi connectivity index (χ2v) is 19.5. The molecule has 20 heteroatoms. The van der Waals surface area contributed by atoms with E-state index in [1.54, 1.807) is 36.7 Å². The van der Waals surface area contributed by atoms with Crippen LogP contribution >= 0.6 is 0 Å². The number of hydrogen-bond donors (Lipinski definition) is 2. The average molecular weight is 925 g/mol. The van der Waals surface area contributed by atoms with Crippen molar-refractivity contribution in [2.75, 3.05) is 17.7 Å². The van der Waals surface area contributed by atoms with Crippen LogP contribution in [0.5, 0.6) is 0 Å². The molecule has 2 aromatic carbocycles. The van der Waals surface area contributed by atoms with Gasteiger partial charge in [-0.05, 0) is 123 Å². The van der Waals surface area contributed by atoms with Crippen molar-refractivity contribution in [2.24, 2.45) is 46.3 Å². The summed E-state index contributed by atoms with van der Waals surface area (Å²) in [6.45, 7) is 7.40. The highest BCUT2D eigenvalue weighted by molar-refractivity contribution is 5.70. The van der Waals surface area contributed by atoms with Crippen molar-refractivity contribution in [2.45, 2.75) is 123 Å². The molecule has 67 heavy (non-hydrogen) atoms. The van der Waals surface area contributed by atoms with E-state index in [-0.39, 0.29) is 77.2 Å². The second-order valence-electron chi connectivity index (χ2n) is 19.5. The number of benzene rings is 2. The summed E-state index contributed by atoms with van der Waals surface area (Å²) in [5.41, 5.74) is 2.24. The fraction of sp³-hybridized carbons (Fsp3) is 0.596. The van der Waals surface area contributed by atoms with Gasteiger partial charge < -0.3 is 24.8 Å². The summed E-state index contributed by atoms with van der Waals surface area (Å²) in [4.78, 5) is 60.7. The van der Waals surface area contributed by atoms with Gasteiger partial charge in [-0.2, -0.15) is 0 Å². The number of nitrogens with one attached hydrogen (secondary N) is 2. The summed E-state index contributed by atoms with van der Waals surface area (Å²) in [5, 5.41) is 45.1. The Kier molecular flexibility index (Phi) is 13.9. The van der Waals surface area contributed by atoms with E-state index < -0.39 is 9.85 Å². The lowest BCUT2D eigenvalue weighted by atomic mass is 9.43.